The third kappa shape index (κ3) is 3.28. The molecule has 24 heavy (non-hydrogen) atoms. The Morgan fingerprint density at radius 2 is 2.21 bits per heavy atom. The van der Waals surface area contributed by atoms with Gasteiger partial charge in [-0.25, -0.2) is 4.68 Å². The van der Waals surface area contributed by atoms with Gasteiger partial charge >= 0.3 is 0 Å². The lowest BCUT2D eigenvalue weighted by Crippen LogP contribution is -2.26. The van der Waals surface area contributed by atoms with E-state index in [0.29, 0.717) is 35.3 Å². The number of hydrogen-bond acceptors (Lipinski definition) is 6. The molecule has 0 bridgehead atoms. The minimum absolute atomic E-state index is 0.283. The van der Waals surface area contributed by atoms with E-state index in [-0.39, 0.29) is 11.5 Å². The van der Waals surface area contributed by atoms with Crippen LogP contribution in [-0.4, -0.2) is 39.6 Å². The summed E-state index contributed by atoms with van der Waals surface area (Å²) in [6, 6.07) is 8.24. The van der Waals surface area contributed by atoms with Gasteiger partial charge in [0.05, 0.1) is 24.1 Å². The first kappa shape index (κ1) is 15.8. The third-order valence-electron chi connectivity index (χ3n) is 3.41. The van der Waals surface area contributed by atoms with E-state index in [9.17, 15) is 9.59 Å². The number of amides is 1. The second-order valence-corrected chi connectivity index (χ2v) is 5.04. The highest BCUT2D eigenvalue weighted by atomic mass is 16.5. The summed E-state index contributed by atoms with van der Waals surface area (Å²) in [6.45, 7) is 0.669. The molecule has 2 heterocycles. The maximum Gasteiger partial charge on any atom is 0.277 e. The number of nitrogens with one attached hydrogen (secondary N) is 1. The molecule has 122 valence electrons. The molecule has 8 nitrogen and oxygen atoms in total. The zero-order chi connectivity index (χ0) is 16.9. The van der Waals surface area contributed by atoms with Crippen LogP contribution in [0.1, 0.15) is 10.4 Å². The second kappa shape index (κ2) is 6.97. The van der Waals surface area contributed by atoms with Crippen molar-refractivity contribution in [2.45, 2.75) is 6.54 Å². The fourth-order valence-corrected chi connectivity index (χ4v) is 2.18. The quantitative estimate of drug-likeness (QED) is 0.754. The Kier molecular flexibility index (Phi) is 4.57. The van der Waals surface area contributed by atoms with Crippen molar-refractivity contribution in [3.8, 4) is 0 Å². The number of anilines is 1. The lowest BCUT2D eigenvalue weighted by molar-refractivity contribution is 0.102. The first-order valence-corrected chi connectivity index (χ1v) is 7.27. The Balaban J connectivity index is 1.91. The second-order valence-electron chi connectivity index (χ2n) is 5.04. The average molecular weight is 325 g/mol. The van der Waals surface area contributed by atoms with Gasteiger partial charge in [0.15, 0.2) is 0 Å². The monoisotopic (exact) mass is 325 g/mol. The molecule has 0 spiro atoms. The summed E-state index contributed by atoms with van der Waals surface area (Å²) in [6.07, 6.45) is 3.06. The molecule has 0 fully saturated rings. The normalized spacial score (nSPS) is 10.7. The van der Waals surface area contributed by atoms with E-state index < -0.39 is 0 Å². The van der Waals surface area contributed by atoms with Crippen molar-refractivity contribution in [2.75, 3.05) is 19.0 Å². The predicted octanol–water partition coefficient (Wildman–Crippen LogP) is 1.09. The largest absolute Gasteiger partial charge is 0.383 e. The van der Waals surface area contributed by atoms with Crippen molar-refractivity contribution in [2.24, 2.45) is 0 Å². The molecule has 0 saturated heterocycles. The molecule has 3 aromatic rings. The van der Waals surface area contributed by atoms with Crippen LogP contribution >= 0.6 is 0 Å². The summed E-state index contributed by atoms with van der Waals surface area (Å²) in [5, 5.41) is 11.0. The molecule has 2 aromatic heterocycles. The van der Waals surface area contributed by atoms with Crippen LogP contribution in [0.3, 0.4) is 0 Å². The van der Waals surface area contributed by atoms with Gasteiger partial charge in [-0.05, 0) is 30.3 Å². The molecular weight excluding hydrogens is 310 g/mol. The molecule has 0 unspecified atom stereocenters. The van der Waals surface area contributed by atoms with Crippen molar-refractivity contribution in [3.63, 3.8) is 0 Å². The van der Waals surface area contributed by atoms with E-state index in [4.69, 9.17) is 4.74 Å². The maximum absolute atomic E-state index is 12.4. The smallest absolute Gasteiger partial charge is 0.277 e. The summed E-state index contributed by atoms with van der Waals surface area (Å²) in [5.41, 5.74) is 1.12. The minimum Gasteiger partial charge on any atom is -0.383 e. The summed E-state index contributed by atoms with van der Waals surface area (Å²) in [7, 11) is 1.55. The summed E-state index contributed by atoms with van der Waals surface area (Å²) in [5.74, 6) is -0.302. The van der Waals surface area contributed by atoms with E-state index in [0.717, 1.165) is 0 Å². The van der Waals surface area contributed by atoms with E-state index in [1.165, 1.54) is 10.9 Å². The zero-order valence-corrected chi connectivity index (χ0v) is 13.0. The number of carbonyl (C=O) groups is 1. The fourth-order valence-electron chi connectivity index (χ4n) is 2.18. The Morgan fingerprint density at radius 1 is 1.33 bits per heavy atom. The molecule has 0 aliphatic carbocycles. The van der Waals surface area contributed by atoms with Gasteiger partial charge in [-0.3, -0.25) is 14.6 Å². The van der Waals surface area contributed by atoms with Crippen LogP contribution in [0.4, 0.5) is 5.69 Å². The number of aromatic nitrogens is 4. The number of rotatable bonds is 5. The standard InChI is InChI=1S/C16H15N5O3/c1-24-8-7-21-16(23)13-9-12(4-5-14(13)19-20-21)18-15(22)11-3-2-6-17-10-11/h2-6,9-10H,7-8H2,1H3,(H,18,22). The van der Waals surface area contributed by atoms with Gasteiger partial charge in [0, 0.05) is 25.2 Å². The highest BCUT2D eigenvalue weighted by Crippen LogP contribution is 2.15. The Labute approximate surface area is 137 Å². The molecular formula is C16H15N5O3. The number of fused-ring (bicyclic) bond motifs is 1. The van der Waals surface area contributed by atoms with Crippen LogP contribution in [0.15, 0.2) is 47.5 Å². The molecule has 1 amide bonds. The lowest BCUT2D eigenvalue weighted by atomic mass is 10.2. The number of benzene rings is 1. The van der Waals surface area contributed by atoms with Gasteiger partial charge in [-0.1, -0.05) is 5.21 Å². The molecule has 1 aromatic carbocycles. The van der Waals surface area contributed by atoms with Crippen molar-refractivity contribution < 1.29 is 9.53 Å². The first-order valence-electron chi connectivity index (χ1n) is 7.27. The molecule has 0 radical (unpaired) electrons. The fraction of sp³-hybridized carbons (Fsp3) is 0.188. The number of methoxy groups -OCH3 is 1. The van der Waals surface area contributed by atoms with Crippen LogP contribution in [0.2, 0.25) is 0 Å². The van der Waals surface area contributed by atoms with Gasteiger partial charge in [0.25, 0.3) is 11.5 Å². The Bertz CT molecular complexity index is 924. The molecule has 3 rings (SSSR count). The molecule has 0 aliphatic heterocycles. The van der Waals surface area contributed by atoms with Gasteiger partial charge in [-0.15, -0.1) is 5.10 Å². The first-order chi connectivity index (χ1) is 11.7. The number of nitrogens with zero attached hydrogens (tertiary/aromatic N) is 4. The third-order valence-corrected chi connectivity index (χ3v) is 3.41. The van der Waals surface area contributed by atoms with Crippen molar-refractivity contribution in [1.82, 2.24) is 20.0 Å². The predicted molar refractivity (Wildman–Crippen MR) is 87.9 cm³/mol. The van der Waals surface area contributed by atoms with Crippen LogP contribution in [0, 0.1) is 0 Å². The van der Waals surface area contributed by atoms with Gasteiger partial charge in [0.1, 0.15) is 5.52 Å². The van der Waals surface area contributed by atoms with E-state index in [1.54, 1.807) is 43.6 Å². The van der Waals surface area contributed by atoms with E-state index in [1.807, 2.05) is 0 Å². The molecule has 0 atom stereocenters. The molecule has 8 heteroatoms. The molecule has 1 N–H and O–H groups in total. The molecule has 0 saturated carbocycles. The highest BCUT2D eigenvalue weighted by molar-refractivity contribution is 6.04. The average Bonchev–Trinajstić information content (AvgIpc) is 2.62. The zero-order valence-electron chi connectivity index (χ0n) is 13.0. The molecule has 0 aliphatic rings. The Hall–Kier alpha value is -3.13. The topological polar surface area (TPSA) is 99.0 Å². The van der Waals surface area contributed by atoms with Crippen molar-refractivity contribution in [3.05, 3.63) is 58.6 Å². The number of ether oxygens (including phenoxy) is 1. The summed E-state index contributed by atoms with van der Waals surface area (Å²) in [4.78, 5) is 28.5. The number of hydrogen-bond donors (Lipinski definition) is 1. The maximum atomic E-state index is 12.4. The van der Waals surface area contributed by atoms with Gasteiger partial charge in [0.2, 0.25) is 0 Å². The van der Waals surface area contributed by atoms with E-state index >= 15 is 0 Å². The SMILES string of the molecule is COCCn1nnc2ccc(NC(=O)c3cccnc3)cc2c1=O. The van der Waals surface area contributed by atoms with Crippen LogP contribution < -0.4 is 10.9 Å². The lowest BCUT2D eigenvalue weighted by Gasteiger charge is -2.07. The Morgan fingerprint density at radius 3 is 2.96 bits per heavy atom. The van der Waals surface area contributed by atoms with Crippen molar-refractivity contribution >= 4 is 22.5 Å². The number of carbonyl (C=O) groups excluding carboxylic acids is 1. The van der Waals surface area contributed by atoms with Crippen LogP contribution in [0.25, 0.3) is 10.9 Å². The van der Waals surface area contributed by atoms with Crippen molar-refractivity contribution in [1.29, 1.82) is 0 Å². The highest BCUT2D eigenvalue weighted by Gasteiger charge is 2.09. The van der Waals surface area contributed by atoms with Gasteiger partial charge < -0.3 is 10.1 Å². The van der Waals surface area contributed by atoms with E-state index in [2.05, 4.69) is 20.6 Å². The number of pyridine rings is 1. The summed E-state index contributed by atoms with van der Waals surface area (Å²) >= 11 is 0. The van der Waals surface area contributed by atoms with Crippen LogP contribution in [-0.2, 0) is 11.3 Å². The minimum atomic E-state index is -0.302. The van der Waals surface area contributed by atoms with Crippen LogP contribution in [0.5, 0.6) is 0 Å². The summed E-state index contributed by atoms with van der Waals surface area (Å²) < 4.78 is 6.18. The van der Waals surface area contributed by atoms with Gasteiger partial charge in [-0.2, -0.15) is 0 Å².